The van der Waals surface area contributed by atoms with E-state index in [2.05, 4.69) is 15.0 Å². The molecule has 0 unspecified atom stereocenters. The third kappa shape index (κ3) is 4.32. The highest BCUT2D eigenvalue weighted by Crippen LogP contribution is 2.27. The molecule has 0 aliphatic carbocycles. The Hall–Kier alpha value is -1.85. The normalized spacial score (nSPS) is 11.0. The number of aromatic nitrogens is 2. The maximum Gasteiger partial charge on any atom is 0.253 e. The van der Waals surface area contributed by atoms with Gasteiger partial charge in [0.2, 0.25) is 0 Å². The Morgan fingerprint density at radius 2 is 1.73 bits per heavy atom. The zero-order valence-electron chi connectivity index (χ0n) is 12.5. The minimum atomic E-state index is 0.238. The van der Waals surface area contributed by atoms with Crippen molar-refractivity contribution in [1.29, 1.82) is 0 Å². The van der Waals surface area contributed by atoms with Gasteiger partial charge in [-0.05, 0) is 17.7 Å². The maximum absolute atomic E-state index is 6.21. The average Bonchev–Trinajstić information content (AvgIpc) is 2.49. The van der Waals surface area contributed by atoms with E-state index in [1.165, 1.54) is 0 Å². The SMILES string of the molecule is COc1ccc(Cc2c(Cl)nc(N=CN(C)C)nc2Cl)cc1. The number of hydrogen-bond acceptors (Lipinski definition) is 4. The number of rotatable bonds is 5. The predicted molar refractivity (Wildman–Crippen MR) is 89.7 cm³/mol. The Bertz CT molecular complexity index is 649. The van der Waals surface area contributed by atoms with Crippen LogP contribution in [0.25, 0.3) is 0 Å². The lowest BCUT2D eigenvalue weighted by atomic mass is 10.1. The minimum absolute atomic E-state index is 0.238. The molecule has 1 heterocycles. The van der Waals surface area contributed by atoms with Crippen molar-refractivity contribution in [3.05, 3.63) is 45.7 Å². The zero-order chi connectivity index (χ0) is 16.1. The van der Waals surface area contributed by atoms with Crippen molar-refractivity contribution in [2.75, 3.05) is 21.2 Å². The monoisotopic (exact) mass is 338 g/mol. The average molecular weight is 339 g/mol. The van der Waals surface area contributed by atoms with Crippen molar-refractivity contribution in [1.82, 2.24) is 14.9 Å². The van der Waals surface area contributed by atoms with Gasteiger partial charge in [0.25, 0.3) is 5.95 Å². The van der Waals surface area contributed by atoms with Gasteiger partial charge in [-0.2, -0.15) is 9.97 Å². The van der Waals surface area contributed by atoms with E-state index in [0.717, 1.165) is 11.3 Å². The van der Waals surface area contributed by atoms with Crippen LogP contribution in [0.3, 0.4) is 0 Å². The summed E-state index contributed by atoms with van der Waals surface area (Å²) in [5.74, 6) is 1.03. The molecule has 0 bridgehead atoms. The van der Waals surface area contributed by atoms with Crippen LogP contribution in [0.15, 0.2) is 29.3 Å². The summed E-state index contributed by atoms with van der Waals surface area (Å²) >= 11 is 12.4. The maximum atomic E-state index is 6.21. The van der Waals surface area contributed by atoms with E-state index in [1.54, 1.807) is 18.3 Å². The van der Waals surface area contributed by atoms with Gasteiger partial charge in [0, 0.05) is 26.1 Å². The largest absolute Gasteiger partial charge is 0.497 e. The first kappa shape index (κ1) is 16.5. The van der Waals surface area contributed by atoms with E-state index in [4.69, 9.17) is 27.9 Å². The second kappa shape index (κ2) is 7.42. The van der Waals surface area contributed by atoms with Gasteiger partial charge >= 0.3 is 0 Å². The molecule has 0 spiro atoms. The highest BCUT2D eigenvalue weighted by Gasteiger charge is 2.12. The van der Waals surface area contributed by atoms with Crippen molar-refractivity contribution in [3.63, 3.8) is 0 Å². The van der Waals surface area contributed by atoms with E-state index < -0.39 is 0 Å². The zero-order valence-corrected chi connectivity index (χ0v) is 14.1. The van der Waals surface area contributed by atoms with Crippen LogP contribution in [0.4, 0.5) is 5.95 Å². The smallest absolute Gasteiger partial charge is 0.253 e. The van der Waals surface area contributed by atoms with Crippen LogP contribution in [0.5, 0.6) is 5.75 Å². The first-order valence-corrected chi connectivity index (χ1v) is 7.30. The second-order valence-electron chi connectivity index (χ2n) is 4.82. The van der Waals surface area contributed by atoms with Crippen molar-refractivity contribution in [3.8, 4) is 5.75 Å². The number of methoxy groups -OCH3 is 1. The Balaban J connectivity index is 2.23. The number of nitrogens with zero attached hydrogens (tertiary/aromatic N) is 4. The van der Waals surface area contributed by atoms with Crippen molar-refractivity contribution in [2.45, 2.75) is 6.42 Å². The Kier molecular flexibility index (Phi) is 5.57. The molecule has 7 heteroatoms. The molecule has 116 valence electrons. The highest BCUT2D eigenvalue weighted by atomic mass is 35.5. The van der Waals surface area contributed by atoms with Crippen LogP contribution < -0.4 is 4.74 Å². The Labute approximate surface area is 139 Å². The lowest BCUT2D eigenvalue weighted by Crippen LogP contribution is -2.07. The molecule has 0 amide bonds. The van der Waals surface area contributed by atoms with Gasteiger partial charge in [-0.15, -0.1) is 0 Å². The molecular weight excluding hydrogens is 323 g/mol. The summed E-state index contributed by atoms with van der Waals surface area (Å²) < 4.78 is 5.13. The lowest BCUT2D eigenvalue weighted by Gasteiger charge is -2.08. The van der Waals surface area contributed by atoms with Crippen molar-refractivity contribution in [2.24, 2.45) is 4.99 Å². The summed E-state index contributed by atoms with van der Waals surface area (Å²) in [4.78, 5) is 14.2. The number of ether oxygens (including phenoxy) is 1. The first-order chi connectivity index (χ1) is 10.5. The first-order valence-electron chi connectivity index (χ1n) is 6.55. The molecule has 22 heavy (non-hydrogen) atoms. The molecule has 0 saturated carbocycles. The topological polar surface area (TPSA) is 50.6 Å². The lowest BCUT2D eigenvalue weighted by molar-refractivity contribution is 0.414. The summed E-state index contributed by atoms with van der Waals surface area (Å²) in [6.07, 6.45) is 2.13. The van der Waals surface area contributed by atoms with E-state index >= 15 is 0 Å². The van der Waals surface area contributed by atoms with E-state index in [9.17, 15) is 0 Å². The predicted octanol–water partition coefficient (Wildman–Crippen LogP) is 3.60. The molecule has 0 radical (unpaired) electrons. The fourth-order valence-corrected chi connectivity index (χ4v) is 2.25. The Morgan fingerprint density at radius 3 is 2.23 bits per heavy atom. The molecule has 0 fully saturated rings. The van der Waals surface area contributed by atoms with Gasteiger partial charge in [-0.3, -0.25) is 0 Å². The Morgan fingerprint density at radius 1 is 1.14 bits per heavy atom. The van der Waals surface area contributed by atoms with Crippen LogP contribution in [0, 0.1) is 0 Å². The van der Waals surface area contributed by atoms with Gasteiger partial charge < -0.3 is 9.64 Å². The standard InChI is InChI=1S/C15H16Cl2N4O/c1-21(2)9-18-15-19-13(16)12(14(17)20-15)8-10-4-6-11(22-3)7-5-10/h4-7,9H,8H2,1-3H3. The minimum Gasteiger partial charge on any atom is -0.497 e. The quantitative estimate of drug-likeness (QED) is 0.474. The van der Waals surface area contributed by atoms with Crippen molar-refractivity contribution < 1.29 is 4.74 Å². The molecule has 0 aliphatic heterocycles. The van der Waals surface area contributed by atoms with E-state index in [0.29, 0.717) is 22.3 Å². The summed E-state index contributed by atoms with van der Waals surface area (Å²) in [5, 5.41) is 0.614. The molecular formula is C15H16Cl2N4O. The molecule has 2 rings (SSSR count). The number of halogens is 2. The molecule has 0 N–H and O–H groups in total. The van der Waals surface area contributed by atoms with Gasteiger partial charge in [0.1, 0.15) is 16.1 Å². The third-order valence-electron chi connectivity index (χ3n) is 2.84. The second-order valence-corrected chi connectivity index (χ2v) is 5.53. The van der Waals surface area contributed by atoms with Gasteiger partial charge in [-0.1, -0.05) is 35.3 Å². The van der Waals surface area contributed by atoms with E-state index in [1.807, 2.05) is 38.4 Å². The van der Waals surface area contributed by atoms with E-state index in [-0.39, 0.29) is 5.95 Å². The number of aliphatic imine (C=N–C) groups is 1. The third-order valence-corrected chi connectivity index (χ3v) is 3.46. The highest BCUT2D eigenvalue weighted by molar-refractivity contribution is 6.34. The van der Waals surface area contributed by atoms with Gasteiger partial charge in [0.15, 0.2) is 0 Å². The number of hydrogen-bond donors (Lipinski definition) is 0. The molecule has 1 aromatic heterocycles. The van der Waals surface area contributed by atoms with Crippen LogP contribution in [-0.4, -0.2) is 42.4 Å². The molecule has 2 aromatic rings. The molecule has 0 aliphatic rings. The summed E-state index contributed by atoms with van der Waals surface area (Å²) in [6, 6.07) is 7.66. The van der Waals surface area contributed by atoms with Crippen molar-refractivity contribution >= 4 is 35.5 Å². The van der Waals surface area contributed by atoms with Gasteiger partial charge in [-0.25, -0.2) is 4.99 Å². The number of benzene rings is 1. The molecule has 0 saturated heterocycles. The fraction of sp³-hybridized carbons (Fsp3) is 0.267. The van der Waals surface area contributed by atoms with Crippen LogP contribution in [0.1, 0.15) is 11.1 Å². The molecule has 0 atom stereocenters. The summed E-state index contributed by atoms with van der Waals surface area (Å²) in [7, 11) is 5.33. The summed E-state index contributed by atoms with van der Waals surface area (Å²) in [5.41, 5.74) is 1.72. The molecule has 1 aromatic carbocycles. The fourth-order valence-electron chi connectivity index (χ4n) is 1.74. The van der Waals surface area contributed by atoms with Crippen LogP contribution >= 0.6 is 23.2 Å². The molecule has 5 nitrogen and oxygen atoms in total. The van der Waals surface area contributed by atoms with Crippen LogP contribution in [-0.2, 0) is 6.42 Å². The van der Waals surface area contributed by atoms with Crippen LogP contribution in [0.2, 0.25) is 10.3 Å². The summed E-state index contributed by atoms with van der Waals surface area (Å²) in [6.45, 7) is 0. The van der Waals surface area contributed by atoms with Gasteiger partial charge in [0.05, 0.1) is 13.4 Å².